The number of likely N-dealkylation sites (N-methyl/N-ethyl adjacent to an activating group) is 1. The second-order valence-corrected chi connectivity index (χ2v) is 8.00. The minimum absolute atomic E-state index is 0.0202. The fourth-order valence-electron chi connectivity index (χ4n) is 3.01. The highest BCUT2D eigenvalue weighted by molar-refractivity contribution is 8.18. The summed E-state index contributed by atoms with van der Waals surface area (Å²) in [5.41, 5.74) is 1.38. The average Bonchev–Trinajstić information content (AvgIpc) is 3.23. The number of hydrogen-bond donors (Lipinski definition) is 2. The van der Waals surface area contributed by atoms with Crippen LogP contribution in [0.25, 0.3) is 6.08 Å². The number of carbonyl (C=O) groups is 3. The van der Waals surface area contributed by atoms with E-state index in [9.17, 15) is 24.6 Å². The van der Waals surface area contributed by atoms with Gasteiger partial charge in [0.1, 0.15) is 5.75 Å². The van der Waals surface area contributed by atoms with E-state index in [2.05, 4.69) is 0 Å². The van der Waals surface area contributed by atoms with Crippen molar-refractivity contribution in [2.75, 3.05) is 20.1 Å². The van der Waals surface area contributed by atoms with Crippen LogP contribution in [0.5, 0.6) is 5.75 Å². The lowest BCUT2D eigenvalue weighted by molar-refractivity contribution is -0.131. The van der Waals surface area contributed by atoms with Gasteiger partial charge in [-0.05, 0) is 47.7 Å². The number of carbonyl (C=O) groups excluding carboxylic acids is 3. The Morgan fingerprint density at radius 1 is 1.23 bits per heavy atom. The summed E-state index contributed by atoms with van der Waals surface area (Å²) in [6, 6.07) is 9.77. The number of rotatable bonds is 7. The summed E-state index contributed by atoms with van der Waals surface area (Å²) in [5.74, 6) is -0.613. The Balaban J connectivity index is 1.55. The van der Waals surface area contributed by atoms with Crippen LogP contribution in [-0.4, -0.2) is 61.8 Å². The summed E-state index contributed by atoms with van der Waals surface area (Å²) in [6.45, 7) is 0.0342. The van der Waals surface area contributed by atoms with Crippen LogP contribution in [0.4, 0.5) is 4.79 Å². The number of aryl methyl sites for hydroxylation is 1. The molecule has 1 saturated heterocycles. The first kappa shape index (κ1) is 21.7. The number of nitrogens with zero attached hydrogens (tertiary/aromatic N) is 3. The molecule has 30 heavy (non-hydrogen) atoms. The van der Waals surface area contributed by atoms with Gasteiger partial charge in [-0.1, -0.05) is 12.1 Å². The van der Waals surface area contributed by atoms with E-state index >= 15 is 0 Å². The molecule has 0 spiro atoms. The van der Waals surface area contributed by atoms with Crippen molar-refractivity contribution in [3.63, 3.8) is 0 Å². The minimum Gasteiger partial charge on any atom is -0.508 e. The lowest BCUT2D eigenvalue weighted by Gasteiger charge is -2.22. The zero-order valence-corrected chi connectivity index (χ0v) is 17.5. The Morgan fingerprint density at radius 2 is 1.93 bits per heavy atom. The van der Waals surface area contributed by atoms with Crippen molar-refractivity contribution in [1.82, 2.24) is 14.4 Å². The van der Waals surface area contributed by atoms with Crippen LogP contribution in [-0.2, 0) is 16.6 Å². The summed E-state index contributed by atoms with van der Waals surface area (Å²) in [7, 11) is 3.40. The average molecular weight is 429 g/mol. The van der Waals surface area contributed by atoms with Crippen LogP contribution in [0.3, 0.4) is 0 Å². The Hall–Kier alpha value is -3.04. The molecule has 0 bridgehead atoms. The number of amides is 3. The highest BCUT2D eigenvalue weighted by atomic mass is 32.2. The molecule has 1 fully saturated rings. The number of phenolic OH excluding ortho intramolecular Hbond substituents is 1. The lowest BCUT2D eigenvalue weighted by Crippen LogP contribution is -2.36. The quantitative estimate of drug-likeness (QED) is 0.655. The summed E-state index contributed by atoms with van der Waals surface area (Å²) >= 11 is 0.858. The van der Waals surface area contributed by atoms with E-state index in [1.807, 2.05) is 29.9 Å². The largest absolute Gasteiger partial charge is 0.508 e. The Morgan fingerprint density at radius 3 is 2.57 bits per heavy atom. The molecule has 0 saturated carbocycles. The molecule has 1 aromatic heterocycles. The number of benzene rings is 1. The third kappa shape index (κ3) is 4.92. The van der Waals surface area contributed by atoms with Crippen molar-refractivity contribution >= 4 is 34.9 Å². The van der Waals surface area contributed by atoms with Gasteiger partial charge in [0.15, 0.2) is 0 Å². The molecule has 1 unspecified atom stereocenters. The predicted molar refractivity (Wildman–Crippen MR) is 113 cm³/mol. The van der Waals surface area contributed by atoms with Crippen molar-refractivity contribution in [2.24, 2.45) is 7.05 Å². The first-order chi connectivity index (χ1) is 14.3. The van der Waals surface area contributed by atoms with Crippen molar-refractivity contribution in [1.29, 1.82) is 0 Å². The summed E-state index contributed by atoms with van der Waals surface area (Å²) in [5, 5.41) is 19.2. The molecule has 3 rings (SSSR count). The number of thioether (sulfide) groups is 1. The van der Waals surface area contributed by atoms with Gasteiger partial charge in [-0.3, -0.25) is 19.3 Å². The predicted octanol–water partition coefficient (Wildman–Crippen LogP) is 2.35. The second-order valence-electron chi connectivity index (χ2n) is 7.01. The zero-order valence-electron chi connectivity index (χ0n) is 16.7. The second kappa shape index (κ2) is 9.19. The molecular weight excluding hydrogens is 406 g/mol. The number of aromatic hydroxyl groups is 1. The molecule has 2 heterocycles. The van der Waals surface area contributed by atoms with E-state index < -0.39 is 17.3 Å². The number of aliphatic hydroxyl groups excluding tert-OH is 1. The van der Waals surface area contributed by atoms with Crippen LogP contribution in [0.1, 0.15) is 23.8 Å². The number of aliphatic hydroxyl groups is 1. The van der Waals surface area contributed by atoms with Crippen molar-refractivity contribution in [3.05, 3.63) is 58.8 Å². The molecule has 1 atom stereocenters. The van der Waals surface area contributed by atoms with Gasteiger partial charge in [0.05, 0.1) is 17.6 Å². The molecule has 1 aromatic carbocycles. The summed E-state index contributed by atoms with van der Waals surface area (Å²) in [4.78, 5) is 39.9. The molecule has 0 aliphatic carbocycles. The molecule has 158 valence electrons. The number of imide groups is 1. The van der Waals surface area contributed by atoms with Gasteiger partial charge in [-0.25, -0.2) is 0 Å². The van der Waals surface area contributed by atoms with Gasteiger partial charge in [0.25, 0.3) is 11.1 Å². The van der Waals surface area contributed by atoms with Crippen LogP contribution in [0.2, 0.25) is 0 Å². The van der Waals surface area contributed by atoms with Gasteiger partial charge in [-0.2, -0.15) is 0 Å². The van der Waals surface area contributed by atoms with Gasteiger partial charge >= 0.3 is 0 Å². The molecule has 1 aliphatic heterocycles. The Labute approximate surface area is 178 Å². The molecule has 9 heteroatoms. The maximum atomic E-state index is 12.5. The highest BCUT2D eigenvalue weighted by Gasteiger charge is 2.35. The van der Waals surface area contributed by atoms with E-state index in [1.54, 1.807) is 25.3 Å². The Bertz CT molecular complexity index is 983. The maximum absolute atomic E-state index is 12.5. The standard InChI is InChI=1S/C21H23N3O5S/c1-22-10-3-4-15(22)12-18-20(28)24(21(29)30-18)11-9-19(27)23(2)13-17(26)14-5-7-16(25)8-6-14/h3-8,10,12,17,25-26H,9,11,13H2,1-2H3. The van der Waals surface area contributed by atoms with Crippen LogP contribution < -0.4 is 0 Å². The van der Waals surface area contributed by atoms with Crippen molar-refractivity contribution < 1.29 is 24.6 Å². The van der Waals surface area contributed by atoms with Gasteiger partial charge < -0.3 is 19.7 Å². The van der Waals surface area contributed by atoms with E-state index in [4.69, 9.17) is 0 Å². The van der Waals surface area contributed by atoms with E-state index in [1.165, 1.54) is 17.0 Å². The number of hydrogen-bond acceptors (Lipinski definition) is 6. The third-order valence-electron chi connectivity index (χ3n) is 4.84. The topological polar surface area (TPSA) is 103 Å². The van der Waals surface area contributed by atoms with Gasteiger partial charge in [0.2, 0.25) is 5.91 Å². The molecule has 2 aromatic rings. The fourth-order valence-corrected chi connectivity index (χ4v) is 3.86. The smallest absolute Gasteiger partial charge is 0.293 e. The summed E-state index contributed by atoms with van der Waals surface area (Å²) in [6.07, 6.45) is 2.56. The fraction of sp³-hybridized carbons (Fsp3) is 0.286. The molecule has 8 nitrogen and oxygen atoms in total. The molecule has 1 aliphatic rings. The zero-order chi connectivity index (χ0) is 21.8. The lowest BCUT2D eigenvalue weighted by atomic mass is 10.1. The SMILES string of the molecule is CN(CC(O)c1ccc(O)cc1)C(=O)CCN1C(=O)SC(=Cc2cccn2C)C1=O. The van der Waals surface area contributed by atoms with E-state index in [0.717, 1.165) is 22.4 Å². The molecular formula is C21H23N3O5S. The van der Waals surface area contributed by atoms with Crippen LogP contribution >= 0.6 is 11.8 Å². The number of aromatic nitrogens is 1. The van der Waals surface area contributed by atoms with Crippen LogP contribution in [0.15, 0.2) is 47.5 Å². The Kier molecular flexibility index (Phi) is 6.63. The maximum Gasteiger partial charge on any atom is 0.293 e. The first-order valence-corrected chi connectivity index (χ1v) is 10.2. The van der Waals surface area contributed by atoms with E-state index in [-0.39, 0.29) is 31.2 Å². The highest BCUT2D eigenvalue weighted by Crippen LogP contribution is 2.32. The van der Waals surface area contributed by atoms with Crippen LogP contribution in [0, 0.1) is 0 Å². The van der Waals surface area contributed by atoms with Gasteiger partial charge in [0, 0.05) is 39.0 Å². The monoisotopic (exact) mass is 429 g/mol. The molecule has 0 radical (unpaired) electrons. The van der Waals surface area contributed by atoms with E-state index in [0.29, 0.717) is 10.5 Å². The minimum atomic E-state index is -0.912. The third-order valence-corrected chi connectivity index (χ3v) is 5.74. The molecule has 2 N–H and O–H groups in total. The van der Waals surface area contributed by atoms with Crippen molar-refractivity contribution in [3.8, 4) is 5.75 Å². The van der Waals surface area contributed by atoms with Gasteiger partial charge in [-0.15, -0.1) is 0 Å². The summed E-state index contributed by atoms with van der Waals surface area (Å²) < 4.78 is 1.84. The first-order valence-electron chi connectivity index (χ1n) is 9.34. The number of phenols is 1. The van der Waals surface area contributed by atoms with Crippen molar-refractivity contribution in [2.45, 2.75) is 12.5 Å². The normalized spacial score (nSPS) is 16.4. The molecule has 3 amide bonds.